The molecule has 2 aromatic carbocycles. The third kappa shape index (κ3) is 4.89. The van der Waals surface area contributed by atoms with E-state index in [1.54, 1.807) is 29.2 Å². The summed E-state index contributed by atoms with van der Waals surface area (Å²) in [7, 11) is 2.86. The van der Waals surface area contributed by atoms with Crippen molar-refractivity contribution in [1.82, 2.24) is 0 Å². The molecule has 6 nitrogen and oxygen atoms in total. The summed E-state index contributed by atoms with van der Waals surface area (Å²) in [4.78, 5) is 8.30. The summed E-state index contributed by atoms with van der Waals surface area (Å²) in [5.74, 6) is -0.0597. The van der Waals surface area contributed by atoms with E-state index in [-0.39, 0.29) is 11.5 Å². The van der Waals surface area contributed by atoms with Crippen LogP contribution in [0, 0.1) is 17.6 Å². The van der Waals surface area contributed by atoms with Gasteiger partial charge in [-0.2, -0.15) is 0 Å². The zero-order valence-electron chi connectivity index (χ0n) is 18.5. The van der Waals surface area contributed by atoms with Gasteiger partial charge >= 0.3 is 0 Å². The molecule has 2 aliphatic rings. The predicted octanol–water partition coefficient (Wildman–Crippen LogP) is 5.18. The van der Waals surface area contributed by atoms with E-state index in [2.05, 4.69) is 4.99 Å². The van der Waals surface area contributed by atoms with Crippen LogP contribution in [0.25, 0.3) is 0 Å². The molecule has 1 aliphatic carbocycles. The highest BCUT2D eigenvalue weighted by Gasteiger charge is 2.26. The van der Waals surface area contributed by atoms with Crippen LogP contribution >= 0.6 is 0 Å². The fourth-order valence-electron chi connectivity index (χ4n) is 4.21. The molecule has 1 fully saturated rings. The van der Waals surface area contributed by atoms with Gasteiger partial charge in [0.05, 0.1) is 26.5 Å². The van der Waals surface area contributed by atoms with Crippen molar-refractivity contribution in [1.29, 1.82) is 0 Å². The average molecular weight is 446 g/mol. The summed E-state index contributed by atoms with van der Waals surface area (Å²) >= 11 is 0. The minimum atomic E-state index is -0.468. The molecule has 0 atom stereocenters. The normalized spacial score (nSPS) is 17.2. The zero-order valence-corrected chi connectivity index (χ0v) is 18.5. The van der Waals surface area contributed by atoms with Crippen molar-refractivity contribution >= 4 is 17.4 Å². The number of rotatable bonds is 6. The van der Waals surface area contributed by atoms with Gasteiger partial charge in [0.25, 0.3) is 6.02 Å². The number of ether oxygens (including phenoxy) is 3. The highest BCUT2D eigenvalue weighted by atomic mass is 19.1. The summed E-state index contributed by atoms with van der Waals surface area (Å²) in [6.45, 7) is 1.23. The standard InChI is InChI=1S/C24H29F2N3O3/c1-30-22-10-8-18(12-20(22)25)28-15-27-24(32-14-17-6-4-3-5-7-17)29(16-28)19-9-11-23(31-2)21(26)13-19/h8-13,17H,3-7,14-16H2,1-2H3. The van der Waals surface area contributed by atoms with E-state index in [1.807, 2.05) is 4.90 Å². The van der Waals surface area contributed by atoms with Gasteiger partial charge in [-0.1, -0.05) is 19.3 Å². The SMILES string of the molecule is COc1ccc(N2CN=C(OCC3CCCCC3)N(c3ccc(OC)c(F)c3)C2)cc1F. The van der Waals surface area contributed by atoms with Crippen molar-refractivity contribution < 1.29 is 23.0 Å². The van der Waals surface area contributed by atoms with Crippen LogP contribution in [0.2, 0.25) is 0 Å². The molecule has 172 valence electrons. The fourth-order valence-corrected chi connectivity index (χ4v) is 4.21. The van der Waals surface area contributed by atoms with Crippen molar-refractivity contribution in [3.63, 3.8) is 0 Å². The molecule has 8 heteroatoms. The second-order valence-corrected chi connectivity index (χ2v) is 8.14. The Morgan fingerprint density at radius 2 is 1.53 bits per heavy atom. The van der Waals surface area contributed by atoms with E-state index in [4.69, 9.17) is 14.2 Å². The van der Waals surface area contributed by atoms with Gasteiger partial charge in [-0.3, -0.25) is 4.90 Å². The van der Waals surface area contributed by atoms with Gasteiger partial charge in [0.2, 0.25) is 0 Å². The smallest absolute Gasteiger partial charge is 0.295 e. The van der Waals surface area contributed by atoms with E-state index < -0.39 is 11.6 Å². The summed E-state index contributed by atoms with van der Waals surface area (Å²) < 4.78 is 44.9. The third-order valence-corrected chi connectivity index (χ3v) is 6.04. The first-order chi connectivity index (χ1) is 15.6. The quantitative estimate of drug-likeness (QED) is 0.613. The summed E-state index contributed by atoms with van der Waals surface area (Å²) in [6.07, 6.45) is 6.04. The predicted molar refractivity (Wildman–Crippen MR) is 121 cm³/mol. The number of benzene rings is 2. The minimum Gasteiger partial charge on any atom is -0.494 e. The van der Waals surface area contributed by atoms with Gasteiger partial charge < -0.3 is 19.1 Å². The molecular weight excluding hydrogens is 416 g/mol. The van der Waals surface area contributed by atoms with Crippen LogP contribution in [0.3, 0.4) is 0 Å². The molecule has 0 aromatic heterocycles. The molecule has 0 radical (unpaired) electrons. The number of aliphatic imine (C=N–C) groups is 1. The molecule has 1 aliphatic heterocycles. The molecule has 1 saturated carbocycles. The Hall–Kier alpha value is -3.03. The molecule has 0 unspecified atom stereocenters. The van der Waals surface area contributed by atoms with Gasteiger partial charge in [-0.15, -0.1) is 0 Å². The van der Waals surface area contributed by atoms with E-state index in [1.165, 1.54) is 45.6 Å². The first-order valence-corrected chi connectivity index (χ1v) is 11.0. The fraction of sp³-hybridized carbons (Fsp3) is 0.458. The largest absolute Gasteiger partial charge is 0.494 e. The first kappa shape index (κ1) is 22.2. The van der Waals surface area contributed by atoms with Crippen LogP contribution in [0.4, 0.5) is 20.2 Å². The molecule has 0 saturated heterocycles. The Labute approximate surface area is 187 Å². The number of anilines is 2. The van der Waals surface area contributed by atoms with Crippen LogP contribution < -0.4 is 19.3 Å². The summed E-state index contributed by atoms with van der Waals surface area (Å²) in [6, 6.07) is 9.96. The Kier molecular flexibility index (Phi) is 6.97. The second-order valence-electron chi connectivity index (χ2n) is 8.14. The Morgan fingerprint density at radius 3 is 2.16 bits per heavy atom. The van der Waals surface area contributed by atoms with Gasteiger partial charge in [0, 0.05) is 17.8 Å². The number of amidine groups is 1. The van der Waals surface area contributed by atoms with Crippen LogP contribution in [0.15, 0.2) is 41.4 Å². The molecule has 0 amide bonds. The van der Waals surface area contributed by atoms with Crippen LogP contribution in [0.5, 0.6) is 11.5 Å². The van der Waals surface area contributed by atoms with Crippen molar-refractivity contribution in [2.45, 2.75) is 32.1 Å². The maximum absolute atomic E-state index is 14.5. The van der Waals surface area contributed by atoms with Crippen LogP contribution in [0.1, 0.15) is 32.1 Å². The maximum atomic E-state index is 14.5. The minimum absolute atomic E-state index is 0.168. The number of halogens is 2. The highest BCUT2D eigenvalue weighted by Crippen LogP contribution is 2.30. The van der Waals surface area contributed by atoms with E-state index in [9.17, 15) is 8.78 Å². The molecule has 0 N–H and O–H groups in total. The van der Waals surface area contributed by atoms with Gasteiger partial charge in [0.15, 0.2) is 23.1 Å². The summed E-state index contributed by atoms with van der Waals surface area (Å²) in [5, 5.41) is 0. The first-order valence-electron chi connectivity index (χ1n) is 11.0. The lowest BCUT2D eigenvalue weighted by Crippen LogP contribution is -2.48. The number of hydrogen-bond donors (Lipinski definition) is 0. The number of nitrogens with zero attached hydrogens (tertiary/aromatic N) is 3. The molecule has 2 aromatic rings. The second kappa shape index (κ2) is 10.1. The number of methoxy groups -OCH3 is 2. The zero-order chi connectivity index (χ0) is 22.5. The topological polar surface area (TPSA) is 46.5 Å². The molecular formula is C24H29F2N3O3. The average Bonchev–Trinajstić information content (AvgIpc) is 2.83. The number of hydrogen-bond acceptors (Lipinski definition) is 6. The van der Waals surface area contributed by atoms with Crippen molar-refractivity contribution in [3.05, 3.63) is 48.0 Å². The molecule has 0 spiro atoms. The van der Waals surface area contributed by atoms with Crippen LogP contribution in [-0.4, -0.2) is 40.2 Å². The monoisotopic (exact) mass is 445 g/mol. The van der Waals surface area contributed by atoms with E-state index in [0.717, 1.165) is 12.8 Å². The van der Waals surface area contributed by atoms with Gasteiger partial charge in [0.1, 0.15) is 13.3 Å². The Morgan fingerprint density at radius 1 is 0.906 bits per heavy atom. The van der Waals surface area contributed by atoms with Crippen molar-refractivity contribution in [3.8, 4) is 11.5 Å². The Bertz CT molecular complexity index is 964. The van der Waals surface area contributed by atoms with E-state index >= 15 is 0 Å². The van der Waals surface area contributed by atoms with Crippen molar-refractivity contribution in [2.24, 2.45) is 10.9 Å². The van der Waals surface area contributed by atoms with Gasteiger partial charge in [-0.25, -0.2) is 13.8 Å². The molecule has 4 rings (SSSR count). The highest BCUT2D eigenvalue weighted by molar-refractivity contribution is 5.93. The lowest BCUT2D eigenvalue weighted by molar-refractivity contribution is 0.193. The maximum Gasteiger partial charge on any atom is 0.295 e. The van der Waals surface area contributed by atoms with Crippen LogP contribution in [-0.2, 0) is 4.74 Å². The van der Waals surface area contributed by atoms with Gasteiger partial charge in [-0.05, 0) is 43.0 Å². The van der Waals surface area contributed by atoms with Crippen molar-refractivity contribution in [2.75, 3.05) is 44.0 Å². The third-order valence-electron chi connectivity index (χ3n) is 6.04. The summed E-state index contributed by atoms with van der Waals surface area (Å²) in [5.41, 5.74) is 1.24. The molecule has 32 heavy (non-hydrogen) atoms. The Balaban J connectivity index is 1.58. The van der Waals surface area contributed by atoms with E-state index in [0.29, 0.717) is 43.3 Å². The lowest BCUT2D eigenvalue weighted by atomic mass is 9.90. The molecule has 0 bridgehead atoms. The lowest BCUT2D eigenvalue weighted by Gasteiger charge is -2.37. The molecule has 1 heterocycles.